The molecule has 0 radical (unpaired) electrons. The van der Waals surface area contributed by atoms with E-state index in [1.54, 1.807) is 0 Å². The molecule has 0 saturated carbocycles. The Kier molecular flexibility index (Phi) is 7.34. The van der Waals surface area contributed by atoms with E-state index in [4.69, 9.17) is 0 Å². The van der Waals surface area contributed by atoms with Crippen molar-refractivity contribution in [1.82, 2.24) is 0 Å². The van der Waals surface area contributed by atoms with E-state index in [1.807, 2.05) is 0 Å². The van der Waals surface area contributed by atoms with Crippen molar-refractivity contribution in [2.45, 2.75) is 43.6 Å². The van der Waals surface area contributed by atoms with E-state index in [1.165, 1.54) is 25.7 Å². The summed E-state index contributed by atoms with van der Waals surface area (Å²) in [7, 11) is 0. The molecule has 0 heterocycles. The van der Waals surface area contributed by atoms with Crippen molar-refractivity contribution in [3.8, 4) is 0 Å². The molecule has 0 aliphatic rings. The third-order valence-electron chi connectivity index (χ3n) is 1.32. The molecule has 2 heteroatoms. The molecule has 0 atom stereocenters. The summed E-state index contributed by atoms with van der Waals surface area (Å²) in [6, 6.07) is 0. The van der Waals surface area contributed by atoms with Crippen LogP contribution >= 0.6 is 25.3 Å². The number of rotatable bonds is 5. The number of hydrogen-bond donors (Lipinski definition) is 2. The van der Waals surface area contributed by atoms with Gasteiger partial charge in [0.1, 0.15) is 0 Å². The summed E-state index contributed by atoms with van der Waals surface area (Å²) in [6.07, 6.45) is 6.43. The highest BCUT2D eigenvalue weighted by Gasteiger charge is 1.93. The van der Waals surface area contributed by atoms with Gasteiger partial charge in [0.05, 0.1) is 0 Å². The summed E-state index contributed by atoms with van der Waals surface area (Å²) < 4.78 is 0.293. The molecule has 0 amide bonds. The zero-order valence-electron chi connectivity index (χ0n) is 6.01. The van der Waals surface area contributed by atoms with E-state index in [9.17, 15) is 0 Å². The first-order chi connectivity index (χ1) is 4.27. The van der Waals surface area contributed by atoms with Crippen LogP contribution in [0.2, 0.25) is 0 Å². The van der Waals surface area contributed by atoms with Gasteiger partial charge in [0, 0.05) is 4.58 Å². The Morgan fingerprint density at radius 3 is 2.22 bits per heavy atom. The molecule has 0 aromatic carbocycles. The van der Waals surface area contributed by atoms with E-state index < -0.39 is 0 Å². The summed E-state index contributed by atoms with van der Waals surface area (Å²) in [6.45, 7) is 2.22. The van der Waals surface area contributed by atoms with Crippen molar-refractivity contribution in [3.05, 3.63) is 0 Å². The molecule has 0 nitrogen and oxygen atoms in total. The molecule has 0 aromatic rings. The Bertz CT molecular complexity index is 52.9. The predicted octanol–water partition coefficient (Wildman–Crippen LogP) is 3.14. The Labute approximate surface area is 69.2 Å². The van der Waals surface area contributed by atoms with Gasteiger partial charge in [-0.25, -0.2) is 0 Å². The van der Waals surface area contributed by atoms with Crippen LogP contribution in [0.15, 0.2) is 0 Å². The van der Waals surface area contributed by atoms with Crippen molar-refractivity contribution in [3.63, 3.8) is 0 Å². The van der Waals surface area contributed by atoms with Crippen LogP contribution in [0.5, 0.6) is 0 Å². The van der Waals surface area contributed by atoms with Crippen LogP contribution in [0.3, 0.4) is 0 Å². The standard InChI is InChI=1S/C7H16S2/c1-2-3-4-5-6-7(8)9/h7-9H,2-6H2,1H3. The maximum Gasteiger partial charge on any atom is 0.0442 e. The fourth-order valence-electron chi connectivity index (χ4n) is 0.754. The second-order valence-electron chi connectivity index (χ2n) is 2.33. The van der Waals surface area contributed by atoms with Gasteiger partial charge in [0.25, 0.3) is 0 Å². The molecule has 56 valence electrons. The summed E-state index contributed by atoms with van der Waals surface area (Å²) in [5.41, 5.74) is 0. The van der Waals surface area contributed by atoms with E-state index >= 15 is 0 Å². The first-order valence-corrected chi connectivity index (χ1v) is 4.66. The average molecular weight is 164 g/mol. The number of thiol groups is 2. The van der Waals surface area contributed by atoms with Crippen molar-refractivity contribution >= 4 is 25.3 Å². The summed E-state index contributed by atoms with van der Waals surface area (Å²) in [5.74, 6) is 0. The SMILES string of the molecule is CCCCCCC(S)S. The monoisotopic (exact) mass is 164 g/mol. The minimum absolute atomic E-state index is 0.293. The molecular weight excluding hydrogens is 148 g/mol. The van der Waals surface area contributed by atoms with Crippen LogP contribution in [-0.4, -0.2) is 4.58 Å². The Balaban J connectivity index is 2.75. The van der Waals surface area contributed by atoms with Crippen LogP contribution in [0.1, 0.15) is 39.0 Å². The van der Waals surface area contributed by atoms with Crippen molar-refractivity contribution in [2.24, 2.45) is 0 Å². The fourth-order valence-corrected chi connectivity index (χ4v) is 1.12. The molecule has 0 N–H and O–H groups in total. The molecule has 0 aliphatic carbocycles. The van der Waals surface area contributed by atoms with Crippen molar-refractivity contribution in [2.75, 3.05) is 0 Å². The van der Waals surface area contributed by atoms with Gasteiger partial charge in [-0.3, -0.25) is 0 Å². The second-order valence-corrected chi connectivity index (χ2v) is 3.98. The molecule has 0 spiro atoms. The second kappa shape index (κ2) is 6.81. The lowest BCUT2D eigenvalue weighted by atomic mass is 10.2. The van der Waals surface area contributed by atoms with E-state index in [2.05, 4.69) is 32.2 Å². The van der Waals surface area contributed by atoms with Crippen molar-refractivity contribution in [1.29, 1.82) is 0 Å². The van der Waals surface area contributed by atoms with Gasteiger partial charge in [0.15, 0.2) is 0 Å². The Morgan fingerprint density at radius 1 is 1.11 bits per heavy atom. The topological polar surface area (TPSA) is 0 Å². The number of unbranched alkanes of at least 4 members (excludes halogenated alkanes) is 3. The summed E-state index contributed by atoms with van der Waals surface area (Å²) >= 11 is 8.33. The lowest BCUT2D eigenvalue weighted by Gasteiger charge is -2.00. The third-order valence-corrected chi connectivity index (χ3v) is 1.83. The van der Waals surface area contributed by atoms with Crippen LogP contribution in [0.25, 0.3) is 0 Å². The molecule has 0 aromatic heterocycles. The predicted molar refractivity (Wildman–Crippen MR) is 50.5 cm³/mol. The van der Waals surface area contributed by atoms with Gasteiger partial charge in [-0.1, -0.05) is 32.6 Å². The van der Waals surface area contributed by atoms with Gasteiger partial charge >= 0.3 is 0 Å². The highest BCUT2D eigenvalue weighted by molar-refractivity contribution is 7.99. The van der Waals surface area contributed by atoms with Crippen LogP contribution in [0.4, 0.5) is 0 Å². The molecular formula is C7H16S2. The lowest BCUT2D eigenvalue weighted by Crippen LogP contribution is -1.86. The van der Waals surface area contributed by atoms with Gasteiger partial charge < -0.3 is 0 Å². The van der Waals surface area contributed by atoms with Crippen LogP contribution < -0.4 is 0 Å². The zero-order valence-corrected chi connectivity index (χ0v) is 7.80. The Hall–Kier alpha value is 0.700. The molecule has 0 fully saturated rings. The van der Waals surface area contributed by atoms with Crippen LogP contribution in [-0.2, 0) is 0 Å². The van der Waals surface area contributed by atoms with E-state index in [0.29, 0.717) is 4.58 Å². The third kappa shape index (κ3) is 8.70. The first-order valence-electron chi connectivity index (χ1n) is 3.63. The van der Waals surface area contributed by atoms with Crippen LogP contribution in [0, 0.1) is 0 Å². The molecule has 0 unspecified atom stereocenters. The molecule has 0 saturated heterocycles. The molecule has 0 bridgehead atoms. The quantitative estimate of drug-likeness (QED) is 0.348. The van der Waals surface area contributed by atoms with Crippen molar-refractivity contribution < 1.29 is 0 Å². The van der Waals surface area contributed by atoms with Gasteiger partial charge in [0.2, 0.25) is 0 Å². The Morgan fingerprint density at radius 2 is 1.78 bits per heavy atom. The summed E-state index contributed by atoms with van der Waals surface area (Å²) in [5, 5.41) is 0. The largest absolute Gasteiger partial charge is 0.165 e. The first kappa shape index (κ1) is 9.70. The fraction of sp³-hybridized carbons (Fsp3) is 1.00. The minimum atomic E-state index is 0.293. The normalized spacial score (nSPS) is 10.7. The number of hydrogen-bond acceptors (Lipinski definition) is 2. The maximum atomic E-state index is 4.16. The van der Waals surface area contributed by atoms with Gasteiger partial charge in [-0.05, 0) is 6.42 Å². The molecule has 9 heavy (non-hydrogen) atoms. The highest BCUT2D eigenvalue weighted by atomic mass is 32.2. The minimum Gasteiger partial charge on any atom is -0.165 e. The van der Waals surface area contributed by atoms with Gasteiger partial charge in [-0.2, -0.15) is 25.3 Å². The summed E-state index contributed by atoms with van der Waals surface area (Å²) in [4.78, 5) is 0. The maximum absolute atomic E-state index is 4.16. The van der Waals surface area contributed by atoms with Gasteiger partial charge in [-0.15, -0.1) is 0 Å². The molecule has 0 aliphatic heterocycles. The molecule has 0 rings (SSSR count). The smallest absolute Gasteiger partial charge is 0.0442 e. The van der Waals surface area contributed by atoms with E-state index in [0.717, 1.165) is 6.42 Å². The zero-order chi connectivity index (χ0) is 7.11. The van der Waals surface area contributed by atoms with E-state index in [-0.39, 0.29) is 0 Å². The highest BCUT2D eigenvalue weighted by Crippen LogP contribution is 2.11. The lowest BCUT2D eigenvalue weighted by molar-refractivity contribution is 0.654. The average Bonchev–Trinajstić information content (AvgIpc) is 1.80.